The molecular formula is C50H106Cl2N2NaO23+. The van der Waals surface area contributed by atoms with Gasteiger partial charge in [-0.05, 0) is 12.8 Å². The quantitative estimate of drug-likeness (QED) is 0.0217. The van der Waals surface area contributed by atoms with E-state index in [4.69, 9.17) is 59.3 Å². The van der Waals surface area contributed by atoms with Crippen molar-refractivity contribution in [2.24, 2.45) is 23.7 Å². The zero-order chi connectivity index (χ0) is 55.4. The Morgan fingerprint density at radius 1 is 0.436 bits per heavy atom. The summed E-state index contributed by atoms with van der Waals surface area (Å²) in [5, 5.41) is 131. The van der Waals surface area contributed by atoms with Gasteiger partial charge >= 0.3 is 29.6 Å². The van der Waals surface area contributed by atoms with Crippen LogP contribution in [0, 0.1) is 23.7 Å². The van der Waals surface area contributed by atoms with E-state index in [1.807, 2.05) is 56.1 Å². The van der Waals surface area contributed by atoms with E-state index in [1.165, 1.54) is 14.2 Å². The van der Waals surface area contributed by atoms with Crippen molar-refractivity contribution < 1.29 is 165 Å². The summed E-state index contributed by atoms with van der Waals surface area (Å²) in [6.45, 7) is 3.95. The Hall–Kier alpha value is 0.580. The minimum atomic E-state index is -1.25. The van der Waals surface area contributed by atoms with Crippen molar-refractivity contribution in [1.29, 1.82) is 0 Å². The van der Waals surface area contributed by atoms with Gasteiger partial charge in [-0.1, -0.05) is 28.7 Å². The minimum Gasteiger partial charge on any atom is -1.00 e. The van der Waals surface area contributed by atoms with Gasteiger partial charge in [-0.2, -0.15) is 0 Å². The average Bonchev–Trinajstić information content (AvgIpc) is 3.33. The normalized spacial score (nSPS) is 35.7. The van der Waals surface area contributed by atoms with E-state index in [-0.39, 0.29) is 141 Å². The van der Waals surface area contributed by atoms with Crippen molar-refractivity contribution in [3.8, 4) is 0 Å². The minimum absolute atomic E-state index is 0. The summed E-state index contributed by atoms with van der Waals surface area (Å²) >= 11 is 5.40. The van der Waals surface area contributed by atoms with E-state index in [0.717, 1.165) is 4.48 Å². The summed E-state index contributed by atoms with van der Waals surface area (Å²) in [5.74, 6) is -2.14. The number of likely N-dealkylation sites (N-methyl/N-ethyl adjacent to an activating group) is 2. The molecule has 0 amide bonds. The molecule has 4 aliphatic rings. The maximum atomic E-state index is 10.7. The number of quaternary nitrogens is 2. The Kier molecular flexibility index (Phi) is 46.2. The van der Waals surface area contributed by atoms with Crippen molar-refractivity contribution in [2.45, 2.75) is 151 Å². The first-order chi connectivity index (χ1) is 34.3. The van der Waals surface area contributed by atoms with Crippen LogP contribution in [-0.4, -0.2) is 339 Å². The maximum absolute atomic E-state index is 10.7. The average molecular weight is 1200 g/mol. The molecule has 22 atom stereocenters. The molecule has 14 N–H and O–H groups in total. The summed E-state index contributed by atoms with van der Waals surface area (Å²) < 4.78 is 51.5. The molecule has 468 valence electrons. The van der Waals surface area contributed by atoms with E-state index in [9.17, 15) is 61.3 Å². The molecule has 28 heteroatoms. The first-order valence-electron chi connectivity index (χ1n) is 25.4. The molecular weight excluding hydrogens is 1090 g/mol. The van der Waals surface area contributed by atoms with Gasteiger partial charge in [0.2, 0.25) is 0 Å². The van der Waals surface area contributed by atoms with Crippen molar-refractivity contribution in [3.05, 3.63) is 0 Å². The van der Waals surface area contributed by atoms with E-state index in [2.05, 4.69) is 0 Å². The molecule has 25 nitrogen and oxygen atoms in total. The molecule has 0 aromatic rings. The van der Waals surface area contributed by atoms with Gasteiger partial charge in [0, 0.05) is 37.9 Å². The van der Waals surface area contributed by atoms with Crippen molar-refractivity contribution >= 4 is 11.6 Å². The Bertz CT molecular complexity index is 1450. The standard InChI is InChI=1S/C24H48NO11.C18H34O10.C6H15ClNO.2CH4.ClH.Na.H2O/c1-6-17-23(30)22(29)16(18(8-26)35-17)11-34-13-20-24(31)21(28)15(10-32-5)19(36-20)12-33-9-14(27)7-25(2,3)4;1-3-11-17(23)16(22)10(13(5-20)27-11)7-26-8-14-18(24)15(21)9(6-25-2)12(4-19)28-14;1-8(2,3)5-6(9)4-7;;;;;/h14-24,26-31H,6-13H2,1-5H3;9-24H,3-8H2,1-2H3;6,9H,4-5H2,1-3H3;2*1H4;1H;;1H2/q+1;;+1;;;;+1;/p-2. The summed E-state index contributed by atoms with van der Waals surface area (Å²) in [7, 11) is 14.9. The Labute approximate surface area is 497 Å². The summed E-state index contributed by atoms with van der Waals surface area (Å²) in [6.07, 6.45) is -15.0. The van der Waals surface area contributed by atoms with Gasteiger partial charge < -0.3 is 136 Å². The van der Waals surface area contributed by atoms with Crippen LogP contribution in [0.15, 0.2) is 0 Å². The Balaban J connectivity index is -0.000000583. The molecule has 4 rings (SSSR count). The summed E-state index contributed by atoms with van der Waals surface area (Å²) in [4.78, 5) is 0. The predicted molar refractivity (Wildman–Crippen MR) is 279 cm³/mol. The van der Waals surface area contributed by atoms with Crippen LogP contribution in [0.2, 0.25) is 0 Å². The third kappa shape index (κ3) is 27.3. The van der Waals surface area contributed by atoms with Crippen LogP contribution in [0.4, 0.5) is 0 Å². The van der Waals surface area contributed by atoms with E-state index in [0.29, 0.717) is 36.3 Å². The van der Waals surface area contributed by atoms with Crippen molar-refractivity contribution in [1.82, 2.24) is 0 Å². The van der Waals surface area contributed by atoms with Crippen LogP contribution < -0.4 is 42.0 Å². The number of rotatable bonds is 26. The molecule has 78 heavy (non-hydrogen) atoms. The van der Waals surface area contributed by atoms with E-state index < -0.39 is 127 Å². The molecule has 0 aromatic heterocycles. The van der Waals surface area contributed by atoms with Gasteiger partial charge in [-0.3, -0.25) is 0 Å². The second-order valence-electron chi connectivity index (χ2n) is 21.7. The Morgan fingerprint density at radius 2 is 0.718 bits per heavy atom. The molecule has 0 radical (unpaired) electrons. The molecule has 0 aliphatic carbocycles. The molecule has 22 unspecified atom stereocenters. The van der Waals surface area contributed by atoms with E-state index in [1.54, 1.807) is 0 Å². The second kappa shape index (κ2) is 42.4. The number of halogens is 2. The molecule has 0 aromatic carbocycles. The van der Waals surface area contributed by atoms with Crippen LogP contribution in [0.3, 0.4) is 0 Å². The predicted octanol–water partition coefficient (Wildman–Crippen LogP) is -10.0. The molecule has 0 spiro atoms. The monoisotopic (exact) mass is 1200 g/mol. The fourth-order valence-corrected chi connectivity index (χ4v) is 9.68. The number of nitrogens with zero attached hydrogens (tertiary/aromatic N) is 2. The SMILES string of the molecule is C.C.CCC1OC(CO)C(COCC2OC(CO)C(COC)C(O)C2O)C(O)C1O.CCC1OC(CO)C(COCC2OC(COCC(O)C[N+](C)(C)C)C(COC)C(O)C2O)C(O)C1O.C[N+](C)(C)CC(O)CCl.[Cl-].[Na+].[OH-]. The zero-order valence-corrected chi connectivity index (χ0v) is 50.1. The fourth-order valence-electron chi connectivity index (χ4n) is 9.58. The molecule has 0 saturated carbocycles. The van der Waals surface area contributed by atoms with Crippen LogP contribution in [0.5, 0.6) is 0 Å². The van der Waals surface area contributed by atoms with Gasteiger partial charge in [0.05, 0.1) is 182 Å². The summed E-state index contributed by atoms with van der Waals surface area (Å²) in [6, 6.07) is 0. The third-order valence-electron chi connectivity index (χ3n) is 13.5. The largest absolute Gasteiger partial charge is 1.00 e. The number of hydrogen-bond acceptors (Lipinski definition) is 23. The van der Waals surface area contributed by atoms with Gasteiger partial charge in [0.15, 0.2) is 0 Å². The van der Waals surface area contributed by atoms with Crippen LogP contribution >= 0.6 is 11.6 Å². The van der Waals surface area contributed by atoms with Crippen LogP contribution in [-0.2, 0) is 42.6 Å². The fraction of sp³-hybridized carbons (Fsp3) is 1.00. The van der Waals surface area contributed by atoms with Gasteiger partial charge in [0.1, 0.15) is 61.9 Å². The van der Waals surface area contributed by atoms with Gasteiger partial charge in [-0.25, -0.2) is 0 Å². The molecule has 4 fully saturated rings. The molecule has 4 heterocycles. The smallest absolute Gasteiger partial charge is 1.00 e. The second-order valence-corrected chi connectivity index (χ2v) is 22.0. The van der Waals surface area contributed by atoms with Crippen LogP contribution in [0.25, 0.3) is 0 Å². The molecule has 4 aliphatic heterocycles. The number of hydrogen-bond donors (Lipinski definition) is 13. The summed E-state index contributed by atoms with van der Waals surface area (Å²) in [5.41, 5.74) is 0. The number of aliphatic hydroxyl groups excluding tert-OH is 13. The van der Waals surface area contributed by atoms with Gasteiger partial charge in [-0.15, -0.1) is 11.6 Å². The van der Waals surface area contributed by atoms with Crippen molar-refractivity contribution in [2.75, 3.05) is 148 Å². The zero-order valence-electron chi connectivity index (χ0n) is 46.6. The number of methoxy groups -OCH3 is 2. The van der Waals surface area contributed by atoms with E-state index >= 15 is 0 Å². The molecule has 4 saturated heterocycles. The topological polar surface area (TPSA) is 376 Å². The number of alkyl halides is 1. The van der Waals surface area contributed by atoms with Crippen molar-refractivity contribution in [3.63, 3.8) is 0 Å². The van der Waals surface area contributed by atoms with Crippen LogP contribution in [0.1, 0.15) is 41.5 Å². The maximum Gasteiger partial charge on any atom is 1.00 e. The molecule has 0 bridgehead atoms. The Morgan fingerprint density at radius 3 is 1.01 bits per heavy atom. The third-order valence-corrected chi connectivity index (χ3v) is 13.9. The van der Waals surface area contributed by atoms with Gasteiger partial charge in [0.25, 0.3) is 0 Å². The number of ether oxygens (including phenoxy) is 9. The first-order valence-corrected chi connectivity index (χ1v) is 25.9. The number of aliphatic hydroxyl groups is 13. The first kappa shape index (κ1) is 85.0.